The van der Waals surface area contributed by atoms with E-state index in [2.05, 4.69) is 4.98 Å². The molecule has 1 heterocycles. The van der Waals surface area contributed by atoms with Crippen molar-refractivity contribution < 1.29 is 9.53 Å². The van der Waals surface area contributed by atoms with E-state index in [9.17, 15) is 4.79 Å². The number of nitrogens with zero attached hydrogens (tertiary/aromatic N) is 2. The summed E-state index contributed by atoms with van der Waals surface area (Å²) in [5.41, 5.74) is 2.51. The summed E-state index contributed by atoms with van der Waals surface area (Å²) in [6.07, 6.45) is 1.07. The van der Waals surface area contributed by atoms with Gasteiger partial charge in [0.25, 0.3) is 0 Å². The van der Waals surface area contributed by atoms with Crippen molar-refractivity contribution in [1.82, 2.24) is 9.55 Å². The maximum atomic E-state index is 12.3. The molecule has 4 aromatic rings. The van der Waals surface area contributed by atoms with Crippen molar-refractivity contribution in [2.24, 2.45) is 0 Å². The number of carbonyl (C=O) groups excluding carboxylic acids is 1. The van der Waals surface area contributed by atoms with Gasteiger partial charge in [0.2, 0.25) is 0 Å². The Kier molecular flexibility index (Phi) is 3.27. The van der Waals surface area contributed by atoms with Crippen molar-refractivity contribution in [3.63, 3.8) is 0 Å². The van der Waals surface area contributed by atoms with Crippen LogP contribution in [0.5, 0.6) is 0 Å². The van der Waals surface area contributed by atoms with Crippen LogP contribution in [0.2, 0.25) is 0 Å². The molecule has 0 aliphatic carbocycles. The highest BCUT2D eigenvalue weighted by Gasteiger charge is 2.11. The first-order valence-corrected chi connectivity index (χ1v) is 7.39. The predicted molar refractivity (Wildman–Crippen MR) is 89.3 cm³/mol. The van der Waals surface area contributed by atoms with Crippen LogP contribution in [0.3, 0.4) is 0 Å². The second kappa shape index (κ2) is 5.57. The molecule has 0 fully saturated rings. The molecule has 1 aromatic heterocycles. The first-order chi connectivity index (χ1) is 11.3. The highest BCUT2D eigenvalue weighted by Crippen LogP contribution is 2.20. The molecule has 0 spiro atoms. The van der Waals surface area contributed by atoms with Gasteiger partial charge >= 0.3 is 6.09 Å². The summed E-state index contributed by atoms with van der Waals surface area (Å²) < 4.78 is 6.90. The normalized spacial score (nSPS) is 11.0. The molecule has 4 heteroatoms. The molecular weight excluding hydrogens is 288 g/mol. The van der Waals surface area contributed by atoms with Crippen molar-refractivity contribution in [2.75, 3.05) is 0 Å². The number of imidazole rings is 1. The lowest BCUT2D eigenvalue weighted by Crippen LogP contribution is -2.12. The SMILES string of the molecule is O=C(OCc1cccc2ccccc12)n1cnc2ccccc21. The molecule has 0 N–H and O–H groups in total. The van der Waals surface area contributed by atoms with Crippen LogP contribution < -0.4 is 0 Å². The molecule has 23 heavy (non-hydrogen) atoms. The number of fused-ring (bicyclic) bond motifs is 2. The topological polar surface area (TPSA) is 44.1 Å². The van der Waals surface area contributed by atoms with Crippen molar-refractivity contribution >= 4 is 27.9 Å². The lowest BCUT2D eigenvalue weighted by atomic mass is 10.1. The molecule has 0 amide bonds. The smallest absolute Gasteiger partial charge is 0.420 e. The lowest BCUT2D eigenvalue weighted by molar-refractivity contribution is 0.142. The zero-order valence-electron chi connectivity index (χ0n) is 12.3. The second-order valence-electron chi connectivity index (χ2n) is 5.30. The van der Waals surface area contributed by atoms with E-state index in [1.807, 2.05) is 66.7 Å². The summed E-state index contributed by atoms with van der Waals surface area (Å²) in [4.78, 5) is 16.5. The third-order valence-electron chi connectivity index (χ3n) is 3.88. The van der Waals surface area contributed by atoms with Gasteiger partial charge in [-0.2, -0.15) is 0 Å². The van der Waals surface area contributed by atoms with Gasteiger partial charge in [0, 0.05) is 0 Å². The van der Waals surface area contributed by atoms with Crippen LogP contribution in [0.1, 0.15) is 5.56 Å². The highest BCUT2D eigenvalue weighted by atomic mass is 16.5. The maximum absolute atomic E-state index is 12.3. The average molecular weight is 302 g/mol. The number of hydrogen-bond acceptors (Lipinski definition) is 3. The standard InChI is InChI=1S/C19H14N2O2/c22-19(21-13-20-17-10-3-4-11-18(17)21)23-12-15-8-5-7-14-6-1-2-9-16(14)15/h1-11,13H,12H2. The molecule has 4 rings (SSSR count). The Balaban J connectivity index is 1.60. The van der Waals surface area contributed by atoms with E-state index in [1.165, 1.54) is 10.9 Å². The number of carbonyl (C=O) groups is 1. The zero-order chi connectivity index (χ0) is 15.6. The van der Waals surface area contributed by atoms with Crippen LogP contribution in [0.4, 0.5) is 4.79 Å². The molecule has 112 valence electrons. The van der Waals surface area contributed by atoms with Gasteiger partial charge in [-0.25, -0.2) is 14.3 Å². The van der Waals surface area contributed by atoms with E-state index in [1.54, 1.807) is 0 Å². The molecule has 0 saturated carbocycles. The van der Waals surface area contributed by atoms with Gasteiger partial charge in [0.05, 0.1) is 11.0 Å². The van der Waals surface area contributed by atoms with Crippen LogP contribution in [-0.2, 0) is 11.3 Å². The number of rotatable bonds is 2. The molecule has 0 unspecified atom stereocenters. The Morgan fingerprint density at radius 2 is 1.74 bits per heavy atom. The minimum atomic E-state index is -0.424. The van der Waals surface area contributed by atoms with E-state index < -0.39 is 6.09 Å². The summed E-state index contributed by atoms with van der Waals surface area (Å²) in [5, 5.41) is 2.23. The van der Waals surface area contributed by atoms with E-state index in [0.717, 1.165) is 27.4 Å². The number of aromatic nitrogens is 2. The summed E-state index contributed by atoms with van der Waals surface area (Å²) in [6, 6.07) is 21.5. The molecular formula is C19H14N2O2. The van der Waals surface area contributed by atoms with Crippen molar-refractivity contribution in [1.29, 1.82) is 0 Å². The number of benzene rings is 3. The van der Waals surface area contributed by atoms with E-state index >= 15 is 0 Å². The second-order valence-corrected chi connectivity index (χ2v) is 5.30. The van der Waals surface area contributed by atoms with E-state index in [0.29, 0.717) is 0 Å². The molecule has 4 nitrogen and oxygen atoms in total. The monoisotopic (exact) mass is 302 g/mol. The Morgan fingerprint density at radius 1 is 0.957 bits per heavy atom. The third-order valence-corrected chi connectivity index (χ3v) is 3.88. The number of ether oxygens (including phenoxy) is 1. The van der Waals surface area contributed by atoms with Crippen molar-refractivity contribution in [3.05, 3.63) is 78.6 Å². The minimum Gasteiger partial charge on any atom is -0.444 e. The Hall–Kier alpha value is -3.14. The molecule has 0 atom stereocenters. The fourth-order valence-electron chi connectivity index (χ4n) is 2.73. The first-order valence-electron chi connectivity index (χ1n) is 7.39. The van der Waals surface area contributed by atoms with E-state index in [-0.39, 0.29) is 6.61 Å². The summed E-state index contributed by atoms with van der Waals surface area (Å²) in [7, 11) is 0. The zero-order valence-corrected chi connectivity index (χ0v) is 12.3. The molecule has 0 aliphatic heterocycles. The van der Waals surface area contributed by atoms with Gasteiger partial charge in [-0.3, -0.25) is 0 Å². The maximum Gasteiger partial charge on any atom is 0.420 e. The Labute approximate surface area is 132 Å². The minimum absolute atomic E-state index is 0.229. The summed E-state index contributed by atoms with van der Waals surface area (Å²) in [6.45, 7) is 0.229. The van der Waals surface area contributed by atoms with Gasteiger partial charge in [-0.15, -0.1) is 0 Å². The first kappa shape index (κ1) is 13.5. The molecule has 0 bridgehead atoms. The highest BCUT2D eigenvalue weighted by molar-refractivity contribution is 5.87. The van der Waals surface area contributed by atoms with Crippen LogP contribution in [0.15, 0.2) is 73.1 Å². The summed E-state index contributed by atoms with van der Waals surface area (Å²) in [5.74, 6) is 0. The van der Waals surface area contributed by atoms with Crippen molar-refractivity contribution in [3.8, 4) is 0 Å². The van der Waals surface area contributed by atoms with Gasteiger partial charge in [0.15, 0.2) is 0 Å². The fraction of sp³-hybridized carbons (Fsp3) is 0.0526. The molecule has 0 saturated heterocycles. The van der Waals surface area contributed by atoms with Crippen LogP contribution in [0, 0.1) is 0 Å². The van der Waals surface area contributed by atoms with Crippen molar-refractivity contribution in [2.45, 2.75) is 6.61 Å². The van der Waals surface area contributed by atoms with Crippen LogP contribution in [0.25, 0.3) is 21.8 Å². The Bertz CT molecular complexity index is 999. The average Bonchev–Trinajstić information content (AvgIpc) is 3.04. The third kappa shape index (κ3) is 2.44. The molecule has 0 aliphatic rings. The Morgan fingerprint density at radius 3 is 2.70 bits per heavy atom. The fourth-order valence-corrected chi connectivity index (χ4v) is 2.73. The molecule has 0 radical (unpaired) electrons. The quantitative estimate of drug-likeness (QED) is 0.552. The molecule has 3 aromatic carbocycles. The lowest BCUT2D eigenvalue weighted by Gasteiger charge is -2.08. The van der Waals surface area contributed by atoms with E-state index in [4.69, 9.17) is 4.74 Å². The van der Waals surface area contributed by atoms with Crippen LogP contribution in [-0.4, -0.2) is 15.6 Å². The largest absolute Gasteiger partial charge is 0.444 e. The van der Waals surface area contributed by atoms with Gasteiger partial charge < -0.3 is 4.74 Å². The van der Waals surface area contributed by atoms with Gasteiger partial charge in [-0.05, 0) is 28.5 Å². The summed E-state index contributed by atoms with van der Waals surface area (Å²) >= 11 is 0. The van der Waals surface area contributed by atoms with Gasteiger partial charge in [-0.1, -0.05) is 54.6 Å². The van der Waals surface area contributed by atoms with Gasteiger partial charge in [0.1, 0.15) is 12.9 Å². The number of hydrogen-bond donors (Lipinski definition) is 0. The number of para-hydroxylation sites is 2. The predicted octanol–water partition coefficient (Wildman–Crippen LogP) is 4.37. The van der Waals surface area contributed by atoms with Crippen LogP contribution >= 0.6 is 0 Å².